The number of amides is 2. The number of hydrogen-bond donors (Lipinski definition) is 1. The van der Waals surface area contributed by atoms with Crippen molar-refractivity contribution in [2.45, 2.75) is 32.6 Å². The topological polar surface area (TPSA) is 75.9 Å². The SMILES string of the molecule is CNC(=O)c1cc(F)c(-c2nc3cc(C)ccn3c2C[C@H]2CCCCN(C(=O)OC)C2)c(F)c1. The number of aryl methyl sites for hydroxylation is 1. The number of ether oxygens (including phenoxy) is 1. The molecule has 0 radical (unpaired) electrons. The van der Waals surface area contributed by atoms with Crippen LogP contribution in [0.25, 0.3) is 16.9 Å². The Morgan fingerprint density at radius 2 is 1.94 bits per heavy atom. The summed E-state index contributed by atoms with van der Waals surface area (Å²) < 4.78 is 37.2. The summed E-state index contributed by atoms with van der Waals surface area (Å²) in [4.78, 5) is 30.4. The number of methoxy groups -OCH3 is 1. The first-order chi connectivity index (χ1) is 16.3. The molecule has 3 heterocycles. The van der Waals surface area contributed by atoms with Crippen molar-refractivity contribution < 1.29 is 23.1 Å². The van der Waals surface area contributed by atoms with Crippen molar-refractivity contribution in [2.24, 2.45) is 5.92 Å². The quantitative estimate of drug-likeness (QED) is 0.615. The van der Waals surface area contributed by atoms with Gasteiger partial charge in [-0.25, -0.2) is 18.6 Å². The molecule has 7 nitrogen and oxygen atoms in total. The first-order valence-electron chi connectivity index (χ1n) is 11.3. The molecule has 1 aliphatic rings. The maximum atomic E-state index is 15.2. The van der Waals surface area contributed by atoms with Crippen LogP contribution in [0.3, 0.4) is 0 Å². The summed E-state index contributed by atoms with van der Waals surface area (Å²) in [5.74, 6) is -2.21. The molecule has 0 bridgehead atoms. The molecule has 1 saturated heterocycles. The Morgan fingerprint density at radius 3 is 2.62 bits per heavy atom. The zero-order valence-corrected chi connectivity index (χ0v) is 19.5. The van der Waals surface area contributed by atoms with Crippen LogP contribution in [-0.2, 0) is 11.2 Å². The van der Waals surface area contributed by atoms with Crippen LogP contribution in [0, 0.1) is 24.5 Å². The minimum Gasteiger partial charge on any atom is -0.453 e. The van der Waals surface area contributed by atoms with E-state index in [9.17, 15) is 9.59 Å². The summed E-state index contributed by atoms with van der Waals surface area (Å²) in [6.07, 6.45) is 4.63. The molecule has 0 unspecified atom stereocenters. The fourth-order valence-electron chi connectivity index (χ4n) is 4.63. The van der Waals surface area contributed by atoms with Gasteiger partial charge in [-0.05, 0) is 61.9 Å². The van der Waals surface area contributed by atoms with Gasteiger partial charge in [-0.3, -0.25) is 4.79 Å². The smallest absolute Gasteiger partial charge is 0.409 e. The summed E-state index contributed by atoms with van der Waals surface area (Å²) in [5.41, 5.74) is 2.06. The lowest BCUT2D eigenvalue weighted by atomic mass is 9.95. The van der Waals surface area contributed by atoms with E-state index in [-0.39, 0.29) is 28.8 Å². The monoisotopic (exact) mass is 470 g/mol. The third-order valence-corrected chi connectivity index (χ3v) is 6.33. The van der Waals surface area contributed by atoms with Gasteiger partial charge in [0.25, 0.3) is 5.91 Å². The summed E-state index contributed by atoms with van der Waals surface area (Å²) in [7, 11) is 2.76. The fraction of sp³-hybridized carbons (Fsp3) is 0.400. The Bertz CT molecular complexity index is 1220. The van der Waals surface area contributed by atoms with E-state index in [0.717, 1.165) is 37.0 Å². The summed E-state index contributed by atoms with van der Waals surface area (Å²) in [6.45, 7) is 3.03. The van der Waals surface area contributed by atoms with Crippen molar-refractivity contribution in [3.63, 3.8) is 0 Å². The number of benzene rings is 1. The molecular weight excluding hydrogens is 442 g/mol. The normalized spacial score (nSPS) is 16.4. The molecule has 0 aliphatic carbocycles. The van der Waals surface area contributed by atoms with E-state index in [2.05, 4.69) is 10.3 Å². The van der Waals surface area contributed by atoms with Crippen LogP contribution >= 0.6 is 0 Å². The second-order valence-corrected chi connectivity index (χ2v) is 8.72. The highest BCUT2D eigenvalue weighted by molar-refractivity contribution is 5.94. The molecule has 1 fully saturated rings. The molecule has 2 amide bonds. The van der Waals surface area contributed by atoms with Crippen molar-refractivity contribution in [3.8, 4) is 11.3 Å². The van der Waals surface area contributed by atoms with Crippen molar-refractivity contribution in [1.29, 1.82) is 0 Å². The number of pyridine rings is 1. The van der Waals surface area contributed by atoms with E-state index in [1.54, 1.807) is 4.90 Å². The predicted molar refractivity (Wildman–Crippen MR) is 124 cm³/mol. The maximum absolute atomic E-state index is 15.2. The number of aromatic nitrogens is 2. The van der Waals surface area contributed by atoms with Crippen molar-refractivity contribution in [3.05, 3.63) is 58.9 Å². The summed E-state index contributed by atoms with van der Waals surface area (Å²) in [5, 5.41) is 2.38. The van der Waals surface area contributed by atoms with Crippen LogP contribution < -0.4 is 5.32 Å². The van der Waals surface area contributed by atoms with Crippen LogP contribution in [0.5, 0.6) is 0 Å². The third kappa shape index (κ3) is 4.60. The number of halogens is 2. The van der Waals surface area contributed by atoms with Gasteiger partial charge < -0.3 is 19.4 Å². The van der Waals surface area contributed by atoms with E-state index in [0.29, 0.717) is 30.9 Å². The Labute approximate surface area is 196 Å². The van der Waals surface area contributed by atoms with Gasteiger partial charge in [0.05, 0.1) is 24.1 Å². The Morgan fingerprint density at radius 1 is 1.21 bits per heavy atom. The second-order valence-electron chi connectivity index (χ2n) is 8.72. The van der Waals surface area contributed by atoms with Crippen LogP contribution in [0.2, 0.25) is 0 Å². The van der Waals surface area contributed by atoms with E-state index >= 15 is 8.78 Å². The number of imidazole rings is 1. The molecule has 34 heavy (non-hydrogen) atoms. The van der Waals surface area contributed by atoms with Gasteiger partial charge in [0, 0.05) is 31.9 Å². The van der Waals surface area contributed by atoms with Crippen molar-refractivity contribution >= 4 is 17.6 Å². The summed E-state index contributed by atoms with van der Waals surface area (Å²) in [6, 6.07) is 5.83. The highest BCUT2D eigenvalue weighted by Gasteiger charge is 2.28. The lowest BCUT2D eigenvalue weighted by Gasteiger charge is -2.23. The van der Waals surface area contributed by atoms with Gasteiger partial charge in [-0.2, -0.15) is 0 Å². The molecule has 3 aromatic rings. The predicted octanol–water partition coefficient (Wildman–Crippen LogP) is 4.36. The zero-order valence-electron chi connectivity index (χ0n) is 19.5. The average molecular weight is 471 g/mol. The van der Waals surface area contributed by atoms with Crippen molar-refractivity contribution in [1.82, 2.24) is 19.6 Å². The molecule has 9 heteroatoms. The van der Waals surface area contributed by atoms with E-state index < -0.39 is 17.5 Å². The average Bonchev–Trinajstić information content (AvgIpc) is 2.98. The van der Waals surface area contributed by atoms with Crippen LogP contribution in [0.15, 0.2) is 30.5 Å². The number of likely N-dealkylation sites (tertiary alicyclic amines) is 1. The van der Waals surface area contributed by atoms with Gasteiger partial charge in [0.2, 0.25) is 0 Å². The largest absolute Gasteiger partial charge is 0.453 e. The Hall–Kier alpha value is -3.49. The van der Waals surface area contributed by atoms with Gasteiger partial charge in [-0.15, -0.1) is 0 Å². The summed E-state index contributed by atoms with van der Waals surface area (Å²) >= 11 is 0. The third-order valence-electron chi connectivity index (χ3n) is 6.33. The van der Waals surface area contributed by atoms with Gasteiger partial charge in [0.1, 0.15) is 17.3 Å². The zero-order chi connectivity index (χ0) is 24.4. The number of hydrogen-bond acceptors (Lipinski definition) is 4. The number of fused-ring (bicyclic) bond motifs is 1. The van der Waals surface area contributed by atoms with Crippen LogP contribution in [0.4, 0.5) is 13.6 Å². The molecule has 1 aliphatic heterocycles. The minimum absolute atomic E-state index is 0.0674. The minimum atomic E-state index is -0.850. The molecule has 1 aromatic carbocycles. The molecule has 0 spiro atoms. The molecule has 1 N–H and O–H groups in total. The highest BCUT2D eigenvalue weighted by Crippen LogP contribution is 2.33. The first kappa shape index (κ1) is 23.7. The lowest BCUT2D eigenvalue weighted by Crippen LogP contribution is -2.35. The molecule has 2 aromatic heterocycles. The molecular formula is C25H28F2N4O3. The van der Waals surface area contributed by atoms with Crippen molar-refractivity contribution in [2.75, 3.05) is 27.2 Å². The van der Waals surface area contributed by atoms with E-state index in [1.165, 1.54) is 14.2 Å². The second kappa shape index (κ2) is 9.79. The fourth-order valence-corrected chi connectivity index (χ4v) is 4.63. The van der Waals surface area contributed by atoms with E-state index in [1.807, 2.05) is 29.7 Å². The number of nitrogens with one attached hydrogen (secondary N) is 1. The number of rotatable bonds is 4. The molecule has 0 saturated carbocycles. The first-order valence-corrected chi connectivity index (χ1v) is 11.3. The maximum Gasteiger partial charge on any atom is 0.409 e. The number of nitrogens with zero attached hydrogens (tertiary/aromatic N) is 3. The Balaban J connectivity index is 1.80. The molecule has 1 atom stereocenters. The number of carbonyl (C=O) groups excluding carboxylic acids is 2. The van der Waals surface area contributed by atoms with Crippen LogP contribution in [-0.4, -0.2) is 53.5 Å². The van der Waals surface area contributed by atoms with E-state index in [4.69, 9.17) is 4.74 Å². The van der Waals surface area contributed by atoms with Gasteiger partial charge in [0.15, 0.2) is 0 Å². The van der Waals surface area contributed by atoms with Crippen LogP contribution in [0.1, 0.15) is 40.9 Å². The molecule has 180 valence electrons. The van der Waals surface area contributed by atoms with Gasteiger partial charge in [-0.1, -0.05) is 6.42 Å². The number of carbonyl (C=O) groups is 2. The molecule has 4 rings (SSSR count). The Kier molecular flexibility index (Phi) is 6.81. The lowest BCUT2D eigenvalue weighted by molar-refractivity contribution is 0.0962. The highest BCUT2D eigenvalue weighted by atomic mass is 19.1. The van der Waals surface area contributed by atoms with Gasteiger partial charge >= 0.3 is 6.09 Å². The standard InChI is InChI=1S/C25H28F2N4O3/c1-15-7-9-31-20(11-16-6-4-5-8-30(14-16)25(33)34-3)23(29-21(31)10-15)22-18(26)12-17(13-19(22)27)24(32)28-2/h7,9-10,12-13,16H,4-6,8,11,14H2,1-3H3,(H,28,32)/t16-/m1/s1.